The van der Waals surface area contributed by atoms with Crippen LogP contribution in [0.3, 0.4) is 0 Å². The molecule has 1 heterocycles. The lowest BCUT2D eigenvalue weighted by molar-refractivity contribution is -0.132. The standard InChI is InChI=1S/C29H27NO7/c1-16-13-17(2)28(36-5)23(14-16)26(32)24-25(19-9-11-21(12-10-19)37-18(3)31)30(29(34)27(24)33)20-7-6-8-22(15-20)35-4/h6-15,25,32H,1-5H3/b26-24+. The topological polar surface area (TPSA) is 102 Å². The van der Waals surface area contributed by atoms with Crippen LogP contribution in [0.15, 0.2) is 66.2 Å². The van der Waals surface area contributed by atoms with Crippen LogP contribution in [-0.4, -0.2) is 37.0 Å². The Kier molecular flexibility index (Phi) is 7.02. The molecule has 0 saturated carbocycles. The van der Waals surface area contributed by atoms with Gasteiger partial charge in [0.15, 0.2) is 0 Å². The third kappa shape index (κ3) is 4.78. The summed E-state index contributed by atoms with van der Waals surface area (Å²) >= 11 is 0. The molecule has 3 aromatic carbocycles. The van der Waals surface area contributed by atoms with E-state index in [2.05, 4.69) is 0 Å². The molecular weight excluding hydrogens is 474 g/mol. The average Bonchev–Trinajstić information content (AvgIpc) is 3.13. The maximum absolute atomic E-state index is 13.5. The first-order chi connectivity index (χ1) is 17.7. The second kappa shape index (κ2) is 10.2. The second-order valence-electron chi connectivity index (χ2n) is 8.70. The van der Waals surface area contributed by atoms with Crippen LogP contribution in [0.25, 0.3) is 5.76 Å². The Bertz CT molecular complexity index is 1420. The van der Waals surface area contributed by atoms with Gasteiger partial charge in [0.1, 0.15) is 23.0 Å². The largest absolute Gasteiger partial charge is 0.507 e. The van der Waals surface area contributed by atoms with E-state index in [0.717, 1.165) is 11.1 Å². The number of esters is 1. The molecule has 3 aromatic rings. The van der Waals surface area contributed by atoms with Gasteiger partial charge in [-0.2, -0.15) is 0 Å². The average molecular weight is 502 g/mol. The second-order valence-corrected chi connectivity index (χ2v) is 8.70. The molecule has 4 rings (SSSR count). The van der Waals surface area contributed by atoms with Gasteiger partial charge in [0, 0.05) is 18.7 Å². The van der Waals surface area contributed by atoms with E-state index in [9.17, 15) is 19.5 Å². The number of rotatable bonds is 6. The van der Waals surface area contributed by atoms with Crippen LogP contribution in [0.1, 0.15) is 35.2 Å². The number of ketones is 1. The number of carbonyl (C=O) groups excluding carboxylic acids is 3. The third-order valence-corrected chi connectivity index (χ3v) is 6.11. The van der Waals surface area contributed by atoms with Crippen LogP contribution in [-0.2, 0) is 14.4 Å². The molecule has 37 heavy (non-hydrogen) atoms. The van der Waals surface area contributed by atoms with Gasteiger partial charge in [0.05, 0.1) is 31.4 Å². The number of aliphatic hydroxyl groups is 1. The summed E-state index contributed by atoms with van der Waals surface area (Å²) in [7, 11) is 2.99. The summed E-state index contributed by atoms with van der Waals surface area (Å²) in [6.45, 7) is 4.99. The zero-order valence-electron chi connectivity index (χ0n) is 21.2. The normalized spacial score (nSPS) is 16.6. The molecular formula is C29H27NO7. The molecule has 0 bridgehead atoms. The number of carbonyl (C=O) groups is 3. The van der Waals surface area contributed by atoms with Crippen molar-refractivity contribution in [2.75, 3.05) is 19.1 Å². The highest BCUT2D eigenvalue weighted by Gasteiger charge is 2.47. The van der Waals surface area contributed by atoms with E-state index in [1.54, 1.807) is 54.6 Å². The first-order valence-corrected chi connectivity index (χ1v) is 11.5. The summed E-state index contributed by atoms with van der Waals surface area (Å²) in [4.78, 5) is 39.6. The van der Waals surface area contributed by atoms with Crippen LogP contribution in [0.4, 0.5) is 5.69 Å². The van der Waals surface area contributed by atoms with Gasteiger partial charge < -0.3 is 19.3 Å². The molecule has 8 nitrogen and oxygen atoms in total. The highest BCUT2D eigenvalue weighted by Crippen LogP contribution is 2.44. The Balaban J connectivity index is 1.97. The first-order valence-electron chi connectivity index (χ1n) is 11.5. The fraction of sp³-hybridized carbons (Fsp3) is 0.207. The molecule has 0 spiro atoms. The van der Waals surface area contributed by atoms with Crippen molar-refractivity contribution < 1.29 is 33.7 Å². The molecule has 1 aliphatic heterocycles. The van der Waals surface area contributed by atoms with Crippen LogP contribution in [0, 0.1) is 13.8 Å². The van der Waals surface area contributed by atoms with E-state index >= 15 is 0 Å². The molecule has 190 valence electrons. The Morgan fingerprint density at radius 2 is 1.62 bits per heavy atom. The van der Waals surface area contributed by atoms with Crippen LogP contribution in [0.5, 0.6) is 17.2 Å². The smallest absolute Gasteiger partial charge is 0.308 e. The molecule has 0 aliphatic carbocycles. The molecule has 0 aromatic heterocycles. The van der Waals surface area contributed by atoms with E-state index in [4.69, 9.17) is 14.2 Å². The highest BCUT2D eigenvalue weighted by molar-refractivity contribution is 6.51. The summed E-state index contributed by atoms with van der Waals surface area (Å²) < 4.78 is 16.0. The Labute approximate surface area is 214 Å². The van der Waals surface area contributed by atoms with Crippen molar-refractivity contribution >= 4 is 29.1 Å². The summed E-state index contributed by atoms with van der Waals surface area (Å²) in [6, 6.07) is 15.8. The fourth-order valence-electron chi connectivity index (χ4n) is 4.60. The van der Waals surface area contributed by atoms with Crippen molar-refractivity contribution in [3.63, 3.8) is 0 Å². The van der Waals surface area contributed by atoms with E-state index in [-0.39, 0.29) is 11.3 Å². The number of benzene rings is 3. The minimum absolute atomic E-state index is 0.0867. The van der Waals surface area contributed by atoms with Crippen molar-refractivity contribution in [1.82, 2.24) is 0 Å². The van der Waals surface area contributed by atoms with Crippen molar-refractivity contribution in [3.8, 4) is 17.2 Å². The number of anilines is 1. The summed E-state index contributed by atoms with van der Waals surface area (Å²) in [6.07, 6.45) is 0. The summed E-state index contributed by atoms with van der Waals surface area (Å²) in [5, 5.41) is 11.5. The number of aliphatic hydroxyl groups excluding tert-OH is 1. The number of amides is 1. The number of hydrogen-bond acceptors (Lipinski definition) is 7. The number of hydrogen-bond donors (Lipinski definition) is 1. The lowest BCUT2D eigenvalue weighted by Crippen LogP contribution is -2.29. The SMILES string of the molecule is COc1cccc(N2C(=O)C(=O)/C(=C(/O)c3cc(C)cc(C)c3OC)C2c2ccc(OC(C)=O)cc2)c1. The molecule has 1 fully saturated rings. The Morgan fingerprint density at radius 3 is 2.24 bits per heavy atom. The van der Waals surface area contributed by atoms with Crippen molar-refractivity contribution in [2.45, 2.75) is 26.8 Å². The van der Waals surface area contributed by atoms with Gasteiger partial charge in [0.2, 0.25) is 0 Å². The van der Waals surface area contributed by atoms with E-state index < -0.39 is 23.7 Å². The molecule has 8 heteroatoms. The number of ether oxygens (including phenoxy) is 3. The fourth-order valence-corrected chi connectivity index (χ4v) is 4.60. The molecule has 1 unspecified atom stereocenters. The number of methoxy groups -OCH3 is 2. The summed E-state index contributed by atoms with van der Waals surface area (Å²) in [5.74, 6) is -1.24. The predicted molar refractivity (Wildman–Crippen MR) is 138 cm³/mol. The van der Waals surface area contributed by atoms with Gasteiger partial charge in [-0.1, -0.05) is 24.3 Å². The van der Waals surface area contributed by atoms with Gasteiger partial charge in [-0.05, 0) is 60.9 Å². The Morgan fingerprint density at radius 1 is 0.919 bits per heavy atom. The zero-order valence-corrected chi connectivity index (χ0v) is 21.2. The van der Waals surface area contributed by atoms with Gasteiger partial charge >= 0.3 is 5.97 Å². The lowest BCUT2D eigenvalue weighted by atomic mass is 9.93. The van der Waals surface area contributed by atoms with Gasteiger partial charge in [-0.25, -0.2) is 0 Å². The number of Topliss-reactive ketones (excluding diaryl/α,β-unsaturated/α-hetero) is 1. The van der Waals surface area contributed by atoms with Crippen LogP contribution >= 0.6 is 0 Å². The van der Waals surface area contributed by atoms with Crippen LogP contribution in [0.2, 0.25) is 0 Å². The number of aryl methyl sites for hydroxylation is 2. The van der Waals surface area contributed by atoms with Gasteiger partial charge in [-0.15, -0.1) is 0 Å². The summed E-state index contributed by atoms with van der Waals surface area (Å²) in [5.41, 5.74) is 2.80. The molecule has 1 saturated heterocycles. The third-order valence-electron chi connectivity index (χ3n) is 6.11. The first kappa shape index (κ1) is 25.5. The quantitative estimate of drug-likeness (QED) is 0.169. The number of nitrogens with zero attached hydrogens (tertiary/aromatic N) is 1. The van der Waals surface area contributed by atoms with Crippen molar-refractivity contribution in [1.29, 1.82) is 0 Å². The predicted octanol–water partition coefficient (Wildman–Crippen LogP) is 4.87. The highest BCUT2D eigenvalue weighted by atomic mass is 16.5. The maximum atomic E-state index is 13.5. The van der Waals surface area contributed by atoms with Crippen LogP contribution < -0.4 is 19.1 Å². The van der Waals surface area contributed by atoms with Gasteiger partial charge in [0.25, 0.3) is 11.7 Å². The molecule has 1 amide bonds. The molecule has 1 N–H and O–H groups in total. The Hall–Kier alpha value is -4.59. The molecule has 0 radical (unpaired) electrons. The van der Waals surface area contributed by atoms with Crippen molar-refractivity contribution in [3.05, 3.63) is 88.5 Å². The zero-order chi connectivity index (χ0) is 26.9. The van der Waals surface area contributed by atoms with Gasteiger partial charge in [-0.3, -0.25) is 19.3 Å². The monoisotopic (exact) mass is 501 g/mol. The molecule has 1 aliphatic rings. The lowest BCUT2D eigenvalue weighted by Gasteiger charge is -2.26. The minimum Gasteiger partial charge on any atom is -0.507 e. The van der Waals surface area contributed by atoms with Crippen molar-refractivity contribution in [2.24, 2.45) is 0 Å². The minimum atomic E-state index is -0.969. The van der Waals surface area contributed by atoms with E-state index in [0.29, 0.717) is 34.1 Å². The van der Waals surface area contributed by atoms with E-state index in [1.165, 1.54) is 26.0 Å². The molecule has 1 atom stereocenters. The van der Waals surface area contributed by atoms with E-state index in [1.807, 2.05) is 19.9 Å². The maximum Gasteiger partial charge on any atom is 0.308 e.